The molecule has 3 aromatic rings. The predicted molar refractivity (Wildman–Crippen MR) is 112 cm³/mol. The lowest BCUT2D eigenvalue weighted by atomic mass is 9.86. The van der Waals surface area contributed by atoms with E-state index in [0.29, 0.717) is 15.9 Å². The first-order chi connectivity index (χ1) is 13.9. The van der Waals surface area contributed by atoms with E-state index in [1.54, 1.807) is 12.1 Å². The molecule has 5 nitrogen and oxygen atoms in total. The number of nitrogens with one attached hydrogen (secondary N) is 2. The predicted octanol–water partition coefficient (Wildman–Crippen LogP) is 4.98. The molecule has 148 valence electrons. The Morgan fingerprint density at radius 2 is 1.86 bits per heavy atom. The van der Waals surface area contributed by atoms with Gasteiger partial charge in [-0.25, -0.2) is 9.37 Å². The third-order valence-electron chi connectivity index (χ3n) is 4.57. The van der Waals surface area contributed by atoms with Gasteiger partial charge >= 0.3 is 0 Å². The van der Waals surface area contributed by atoms with Crippen LogP contribution in [0.5, 0.6) is 0 Å². The number of aromatic nitrogens is 2. The van der Waals surface area contributed by atoms with E-state index in [2.05, 4.69) is 15.3 Å². The van der Waals surface area contributed by atoms with Crippen molar-refractivity contribution in [1.29, 1.82) is 0 Å². The highest BCUT2D eigenvalue weighted by Crippen LogP contribution is 2.39. The standard InChI is InChI=1S/C20H14Cl2FN3O2S/c21-11-6-4-10(5-7-11)9-29-20-25-18-17(19(28)26-20)12(8-15(27)24-18)16-13(22)2-1-3-14(16)23/h1-7,12H,8-9H2,(H2,24,25,26,27,28). The molecule has 1 aliphatic heterocycles. The number of hydrogen-bond donors (Lipinski definition) is 2. The Kier molecular flexibility index (Phi) is 5.63. The Balaban J connectivity index is 1.69. The van der Waals surface area contributed by atoms with Crippen LogP contribution in [-0.4, -0.2) is 15.9 Å². The number of carbonyl (C=O) groups is 1. The quantitative estimate of drug-likeness (QED) is 0.434. The molecule has 0 bridgehead atoms. The summed E-state index contributed by atoms with van der Waals surface area (Å²) in [6, 6.07) is 11.6. The molecular weight excluding hydrogens is 436 g/mol. The van der Waals surface area contributed by atoms with E-state index in [-0.39, 0.29) is 34.3 Å². The Morgan fingerprint density at radius 1 is 1.10 bits per heavy atom. The largest absolute Gasteiger partial charge is 0.310 e. The Bertz CT molecular complexity index is 1130. The second-order valence-corrected chi connectivity index (χ2v) is 8.30. The summed E-state index contributed by atoms with van der Waals surface area (Å²) in [7, 11) is 0. The van der Waals surface area contributed by atoms with Gasteiger partial charge in [0.2, 0.25) is 5.91 Å². The first-order valence-electron chi connectivity index (χ1n) is 8.67. The van der Waals surface area contributed by atoms with Gasteiger partial charge in [0.05, 0.1) is 5.56 Å². The summed E-state index contributed by atoms with van der Waals surface area (Å²) in [6.45, 7) is 0. The minimum atomic E-state index is -0.806. The lowest BCUT2D eigenvalue weighted by Crippen LogP contribution is -2.31. The normalized spacial score (nSPS) is 15.7. The molecule has 29 heavy (non-hydrogen) atoms. The number of fused-ring (bicyclic) bond motifs is 1. The molecule has 1 aromatic heterocycles. The Hall–Kier alpha value is -2.35. The van der Waals surface area contributed by atoms with Crippen molar-refractivity contribution >= 4 is 46.7 Å². The van der Waals surface area contributed by atoms with Crippen molar-refractivity contribution in [2.45, 2.75) is 23.2 Å². The van der Waals surface area contributed by atoms with Crippen LogP contribution in [0, 0.1) is 5.82 Å². The van der Waals surface area contributed by atoms with Crippen LogP contribution in [0.25, 0.3) is 0 Å². The first-order valence-corrected chi connectivity index (χ1v) is 10.4. The smallest absolute Gasteiger partial charge is 0.257 e. The average Bonchev–Trinajstić information content (AvgIpc) is 2.67. The number of nitrogens with zero attached hydrogens (tertiary/aromatic N) is 1. The van der Waals surface area contributed by atoms with Crippen LogP contribution in [0.2, 0.25) is 10.0 Å². The monoisotopic (exact) mass is 449 g/mol. The van der Waals surface area contributed by atoms with Crippen LogP contribution >= 0.6 is 35.0 Å². The van der Waals surface area contributed by atoms with E-state index in [1.807, 2.05) is 12.1 Å². The third-order valence-corrected chi connectivity index (χ3v) is 6.09. The summed E-state index contributed by atoms with van der Waals surface area (Å²) < 4.78 is 14.4. The molecule has 4 rings (SSSR count). The van der Waals surface area contributed by atoms with Gasteiger partial charge < -0.3 is 10.3 Å². The molecule has 1 aliphatic rings. The number of carbonyl (C=O) groups excluding carboxylic acids is 1. The van der Waals surface area contributed by atoms with Gasteiger partial charge in [-0.15, -0.1) is 0 Å². The van der Waals surface area contributed by atoms with Crippen LogP contribution in [0.1, 0.15) is 29.0 Å². The molecule has 9 heteroatoms. The van der Waals surface area contributed by atoms with Crippen LogP contribution in [0.4, 0.5) is 10.2 Å². The summed E-state index contributed by atoms with van der Waals surface area (Å²) in [5.41, 5.74) is 0.893. The van der Waals surface area contributed by atoms with Crippen molar-refractivity contribution in [3.8, 4) is 0 Å². The van der Waals surface area contributed by atoms with E-state index in [1.165, 1.54) is 30.0 Å². The van der Waals surface area contributed by atoms with Gasteiger partial charge in [-0.1, -0.05) is 53.2 Å². The number of benzene rings is 2. The summed E-state index contributed by atoms with van der Waals surface area (Å²) in [4.78, 5) is 32.1. The van der Waals surface area contributed by atoms with E-state index in [0.717, 1.165) is 5.56 Å². The summed E-state index contributed by atoms with van der Waals surface area (Å²) >= 11 is 13.4. The summed E-state index contributed by atoms with van der Waals surface area (Å²) in [6.07, 6.45) is -0.0876. The number of anilines is 1. The minimum absolute atomic E-state index is 0.0876. The number of aromatic amines is 1. The number of amides is 1. The van der Waals surface area contributed by atoms with Crippen molar-refractivity contribution in [3.05, 3.63) is 85.4 Å². The molecular formula is C20H14Cl2FN3O2S. The number of H-pyrrole nitrogens is 1. The van der Waals surface area contributed by atoms with Gasteiger partial charge in [0, 0.05) is 33.7 Å². The molecule has 1 amide bonds. The van der Waals surface area contributed by atoms with Crippen LogP contribution in [0.3, 0.4) is 0 Å². The molecule has 0 spiro atoms. The second-order valence-electron chi connectivity index (χ2n) is 6.49. The van der Waals surface area contributed by atoms with Gasteiger partial charge in [0.15, 0.2) is 5.16 Å². The first kappa shape index (κ1) is 19.9. The SMILES string of the molecule is O=C1CC(c2c(F)cccc2Cl)c2c(nc(SCc3ccc(Cl)cc3)[nH]c2=O)N1. The van der Waals surface area contributed by atoms with Gasteiger partial charge in [0.1, 0.15) is 11.6 Å². The lowest BCUT2D eigenvalue weighted by Gasteiger charge is -2.25. The zero-order valence-corrected chi connectivity index (χ0v) is 17.2. The fourth-order valence-electron chi connectivity index (χ4n) is 3.24. The number of thioether (sulfide) groups is 1. The van der Waals surface area contributed by atoms with Crippen molar-refractivity contribution in [1.82, 2.24) is 9.97 Å². The van der Waals surface area contributed by atoms with Crippen molar-refractivity contribution in [3.63, 3.8) is 0 Å². The summed E-state index contributed by atoms with van der Waals surface area (Å²) in [5.74, 6) is -1.04. The van der Waals surface area contributed by atoms with Gasteiger partial charge in [-0.3, -0.25) is 9.59 Å². The molecule has 0 saturated carbocycles. The maximum atomic E-state index is 14.4. The zero-order valence-electron chi connectivity index (χ0n) is 14.8. The van der Waals surface area contributed by atoms with Crippen LogP contribution in [-0.2, 0) is 10.5 Å². The fraction of sp³-hybridized carbons (Fsp3) is 0.150. The summed E-state index contributed by atoms with van der Waals surface area (Å²) in [5, 5.41) is 3.77. The lowest BCUT2D eigenvalue weighted by molar-refractivity contribution is -0.116. The van der Waals surface area contributed by atoms with Crippen molar-refractivity contribution in [2.75, 3.05) is 5.32 Å². The molecule has 0 aliphatic carbocycles. The average molecular weight is 450 g/mol. The molecule has 1 unspecified atom stereocenters. The fourth-order valence-corrected chi connectivity index (χ4v) is 4.48. The molecule has 2 heterocycles. The highest BCUT2D eigenvalue weighted by atomic mass is 35.5. The van der Waals surface area contributed by atoms with Crippen LogP contribution < -0.4 is 10.9 Å². The van der Waals surface area contributed by atoms with E-state index >= 15 is 0 Å². The van der Waals surface area contributed by atoms with Gasteiger partial charge in [-0.2, -0.15) is 0 Å². The maximum absolute atomic E-state index is 14.4. The number of hydrogen-bond acceptors (Lipinski definition) is 4. The highest BCUT2D eigenvalue weighted by molar-refractivity contribution is 7.98. The van der Waals surface area contributed by atoms with E-state index in [9.17, 15) is 14.0 Å². The van der Waals surface area contributed by atoms with Crippen molar-refractivity contribution in [2.24, 2.45) is 0 Å². The van der Waals surface area contributed by atoms with Gasteiger partial charge in [0.25, 0.3) is 5.56 Å². The highest BCUT2D eigenvalue weighted by Gasteiger charge is 2.33. The zero-order chi connectivity index (χ0) is 20.5. The molecule has 2 aromatic carbocycles. The van der Waals surface area contributed by atoms with Crippen LogP contribution in [0.15, 0.2) is 52.4 Å². The molecule has 0 fully saturated rings. The minimum Gasteiger partial charge on any atom is -0.310 e. The van der Waals surface area contributed by atoms with Crippen molar-refractivity contribution < 1.29 is 9.18 Å². The Morgan fingerprint density at radius 3 is 2.59 bits per heavy atom. The number of halogens is 3. The topological polar surface area (TPSA) is 74.8 Å². The molecule has 1 atom stereocenters. The molecule has 2 N–H and O–H groups in total. The molecule has 0 radical (unpaired) electrons. The Labute approximate surface area is 179 Å². The van der Waals surface area contributed by atoms with E-state index in [4.69, 9.17) is 23.2 Å². The second kappa shape index (κ2) is 8.18. The molecule has 0 saturated heterocycles. The van der Waals surface area contributed by atoms with Gasteiger partial charge in [-0.05, 0) is 29.8 Å². The maximum Gasteiger partial charge on any atom is 0.257 e. The van der Waals surface area contributed by atoms with E-state index < -0.39 is 17.3 Å². The third kappa shape index (κ3) is 4.17. The number of rotatable bonds is 4.